The summed E-state index contributed by atoms with van der Waals surface area (Å²) in [6, 6.07) is 0. The number of hydrogen-bond acceptors (Lipinski definition) is 4. The minimum absolute atomic E-state index is 0.152. The zero-order valence-electron chi connectivity index (χ0n) is 9.24. The van der Waals surface area contributed by atoms with Crippen molar-refractivity contribution in [1.82, 2.24) is 10.1 Å². The van der Waals surface area contributed by atoms with Gasteiger partial charge in [0.05, 0.1) is 12.5 Å². The third kappa shape index (κ3) is 2.80. The van der Waals surface area contributed by atoms with Crippen molar-refractivity contribution in [3.63, 3.8) is 0 Å². The van der Waals surface area contributed by atoms with Crippen LogP contribution in [0.3, 0.4) is 0 Å². The molecule has 4 nitrogen and oxygen atoms in total. The largest absolute Gasteiger partial charge is 0.392 e. The molecule has 1 atom stereocenters. The fourth-order valence-corrected chi connectivity index (χ4v) is 0.988. The molecular weight excluding hydrogens is 180 g/mol. The van der Waals surface area contributed by atoms with Crippen molar-refractivity contribution in [3.8, 4) is 0 Å². The standard InChI is InChI=1S/C10H18N2O2/c1-5-8-11-9(14-12-8)6-7(13)10(2,3)4/h7,13H,5-6H2,1-4H3. The second-order valence-electron chi connectivity index (χ2n) is 4.54. The minimum Gasteiger partial charge on any atom is -0.392 e. The third-order valence-electron chi connectivity index (χ3n) is 2.19. The zero-order valence-corrected chi connectivity index (χ0v) is 9.24. The van der Waals surface area contributed by atoms with E-state index in [-0.39, 0.29) is 5.41 Å². The summed E-state index contributed by atoms with van der Waals surface area (Å²) in [5.41, 5.74) is -0.152. The number of nitrogens with zero attached hydrogens (tertiary/aromatic N) is 2. The Balaban J connectivity index is 2.60. The molecule has 1 rings (SSSR count). The molecule has 14 heavy (non-hydrogen) atoms. The molecule has 0 saturated heterocycles. The molecule has 0 spiro atoms. The zero-order chi connectivity index (χ0) is 10.8. The average Bonchev–Trinajstić information content (AvgIpc) is 2.50. The van der Waals surface area contributed by atoms with E-state index in [0.717, 1.165) is 6.42 Å². The fourth-order valence-electron chi connectivity index (χ4n) is 0.988. The quantitative estimate of drug-likeness (QED) is 0.801. The number of rotatable bonds is 3. The summed E-state index contributed by atoms with van der Waals surface area (Å²) in [5.74, 6) is 1.21. The maximum absolute atomic E-state index is 9.79. The molecule has 0 aliphatic rings. The van der Waals surface area contributed by atoms with Gasteiger partial charge in [-0.15, -0.1) is 0 Å². The predicted octanol–water partition coefficient (Wildman–Crippen LogP) is 1.58. The third-order valence-corrected chi connectivity index (χ3v) is 2.19. The van der Waals surface area contributed by atoms with Gasteiger partial charge in [0, 0.05) is 6.42 Å². The number of aryl methyl sites for hydroxylation is 1. The van der Waals surface area contributed by atoms with Gasteiger partial charge in [-0.3, -0.25) is 0 Å². The summed E-state index contributed by atoms with van der Waals surface area (Å²) in [4.78, 5) is 4.14. The van der Waals surface area contributed by atoms with Crippen LogP contribution in [0.15, 0.2) is 4.52 Å². The lowest BCUT2D eigenvalue weighted by molar-refractivity contribution is 0.0565. The van der Waals surface area contributed by atoms with Crippen molar-refractivity contribution in [3.05, 3.63) is 11.7 Å². The van der Waals surface area contributed by atoms with Crippen molar-refractivity contribution in [2.75, 3.05) is 0 Å². The molecule has 1 heterocycles. The van der Waals surface area contributed by atoms with Gasteiger partial charge in [-0.25, -0.2) is 0 Å². The molecule has 1 aromatic heterocycles. The van der Waals surface area contributed by atoms with Gasteiger partial charge in [-0.1, -0.05) is 32.9 Å². The predicted molar refractivity (Wildman–Crippen MR) is 52.8 cm³/mol. The number of aliphatic hydroxyl groups is 1. The van der Waals surface area contributed by atoms with E-state index in [1.165, 1.54) is 0 Å². The van der Waals surface area contributed by atoms with Crippen LogP contribution in [0.4, 0.5) is 0 Å². The van der Waals surface area contributed by atoms with Crippen molar-refractivity contribution < 1.29 is 9.63 Å². The Kier molecular flexibility index (Phi) is 3.26. The minimum atomic E-state index is -0.451. The Morgan fingerprint density at radius 1 is 1.43 bits per heavy atom. The van der Waals surface area contributed by atoms with Crippen LogP contribution in [0, 0.1) is 5.41 Å². The van der Waals surface area contributed by atoms with Gasteiger partial charge in [0.2, 0.25) is 5.89 Å². The molecule has 0 bridgehead atoms. The second-order valence-corrected chi connectivity index (χ2v) is 4.54. The topological polar surface area (TPSA) is 59.2 Å². The Morgan fingerprint density at radius 2 is 2.07 bits per heavy atom. The fraction of sp³-hybridized carbons (Fsp3) is 0.800. The normalized spacial score (nSPS) is 14.4. The summed E-state index contributed by atoms with van der Waals surface area (Å²) in [6.07, 6.45) is 0.735. The summed E-state index contributed by atoms with van der Waals surface area (Å²) in [6.45, 7) is 7.91. The summed E-state index contributed by atoms with van der Waals surface area (Å²) >= 11 is 0. The van der Waals surface area contributed by atoms with E-state index in [1.54, 1.807) is 0 Å². The van der Waals surface area contributed by atoms with E-state index >= 15 is 0 Å². The highest BCUT2D eigenvalue weighted by atomic mass is 16.5. The van der Waals surface area contributed by atoms with Crippen molar-refractivity contribution in [2.45, 2.75) is 46.6 Å². The number of aliphatic hydroxyl groups excluding tert-OH is 1. The monoisotopic (exact) mass is 198 g/mol. The molecule has 0 radical (unpaired) electrons. The smallest absolute Gasteiger partial charge is 0.229 e. The number of aromatic nitrogens is 2. The van der Waals surface area contributed by atoms with E-state index < -0.39 is 6.10 Å². The Labute approximate surface area is 84.3 Å². The van der Waals surface area contributed by atoms with E-state index in [4.69, 9.17) is 4.52 Å². The van der Waals surface area contributed by atoms with E-state index in [2.05, 4.69) is 10.1 Å². The van der Waals surface area contributed by atoms with Gasteiger partial charge in [0.15, 0.2) is 5.82 Å². The van der Waals surface area contributed by atoms with Crippen LogP contribution < -0.4 is 0 Å². The maximum atomic E-state index is 9.79. The highest BCUT2D eigenvalue weighted by Gasteiger charge is 2.24. The molecule has 1 N–H and O–H groups in total. The summed E-state index contributed by atoms with van der Waals surface area (Å²) in [7, 11) is 0. The lowest BCUT2D eigenvalue weighted by Gasteiger charge is -2.24. The van der Waals surface area contributed by atoms with Crippen molar-refractivity contribution >= 4 is 0 Å². The van der Waals surface area contributed by atoms with Crippen molar-refractivity contribution in [1.29, 1.82) is 0 Å². The van der Waals surface area contributed by atoms with Crippen LogP contribution in [0.25, 0.3) is 0 Å². The Bertz CT molecular complexity index is 289. The molecule has 0 saturated carbocycles. The molecule has 1 aromatic rings. The summed E-state index contributed by atoms with van der Waals surface area (Å²) < 4.78 is 5.00. The number of hydrogen-bond donors (Lipinski definition) is 1. The van der Waals surface area contributed by atoms with E-state index in [9.17, 15) is 5.11 Å². The van der Waals surface area contributed by atoms with E-state index in [0.29, 0.717) is 18.1 Å². The van der Waals surface area contributed by atoms with Gasteiger partial charge in [-0.05, 0) is 5.41 Å². The second kappa shape index (κ2) is 4.09. The first kappa shape index (κ1) is 11.2. The summed E-state index contributed by atoms with van der Waals surface area (Å²) in [5, 5.41) is 13.6. The van der Waals surface area contributed by atoms with E-state index in [1.807, 2.05) is 27.7 Å². The molecule has 0 fully saturated rings. The highest BCUT2D eigenvalue weighted by molar-refractivity contribution is 4.89. The lowest BCUT2D eigenvalue weighted by atomic mass is 9.87. The Morgan fingerprint density at radius 3 is 2.50 bits per heavy atom. The van der Waals surface area contributed by atoms with Gasteiger partial charge in [0.1, 0.15) is 0 Å². The molecule has 1 unspecified atom stereocenters. The van der Waals surface area contributed by atoms with Gasteiger partial charge < -0.3 is 9.63 Å². The first-order chi connectivity index (χ1) is 6.43. The maximum Gasteiger partial charge on any atom is 0.229 e. The SMILES string of the molecule is CCc1noc(CC(O)C(C)(C)C)n1. The average molecular weight is 198 g/mol. The molecule has 0 aromatic carbocycles. The van der Waals surface area contributed by atoms with Gasteiger partial charge in [0.25, 0.3) is 0 Å². The molecule has 0 amide bonds. The molecule has 0 aliphatic carbocycles. The first-order valence-electron chi connectivity index (χ1n) is 4.93. The molecule has 0 aliphatic heterocycles. The Hall–Kier alpha value is -0.900. The van der Waals surface area contributed by atoms with Gasteiger partial charge >= 0.3 is 0 Å². The van der Waals surface area contributed by atoms with Crippen LogP contribution in [-0.2, 0) is 12.8 Å². The van der Waals surface area contributed by atoms with Crippen LogP contribution in [-0.4, -0.2) is 21.4 Å². The highest BCUT2D eigenvalue weighted by Crippen LogP contribution is 2.21. The van der Waals surface area contributed by atoms with Crippen molar-refractivity contribution in [2.24, 2.45) is 5.41 Å². The van der Waals surface area contributed by atoms with Crippen LogP contribution in [0.1, 0.15) is 39.4 Å². The lowest BCUT2D eigenvalue weighted by Crippen LogP contribution is -2.28. The van der Waals surface area contributed by atoms with Crippen LogP contribution in [0.2, 0.25) is 0 Å². The first-order valence-corrected chi connectivity index (χ1v) is 4.93. The van der Waals surface area contributed by atoms with Crippen LogP contribution >= 0.6 is 0 Å². The van der Waals surface area contributed by atoms with Gasteiger partial charge in [-0.2, -0.15) is 4.98 Å². The van der Waals surface area contributed by atoms with Crippen LogP contribution in [0.5, 0.6) is 0 Å². The molecular formula is C10H18N2O2. The molecule has 80 valence electrons. The molecule has 4 heteroatoms.